The molecule has 56 valence electrons. The van der Waals surface area contributed by atoms with Crippen LogP contribution < -0.4 is 15.6 Å². The summed E-state index contributed by atoms with van der Waals surface area (Å²) in [6.07, 6.45) is 0. The van der Waals surface area contributed by atoms with Crippen molar-refractivity contribution in [1.82, 2.24) is 4.72 Å². The van der Waals surface area contributed by atoms with Crippen LogP contribution in [0.2, 0.25) is 0 Å². The zero-order chi connectivity index (χ0) is 7.49. The summed E-state index contributed by atoms with van der Waals surface area (Å²) < 4.78 is 22.3. The first-order valence-corrected chi connectivity index (χ1v) is 3.99. The molecule has 6 heteroatoms. The van der Waals surface area contributed by atoms with Gasteiger partial charge >= 0.3 is 0 Å². The van der Waals surface area contributed by atoms with Gasteiger partial charge in [0.2, 0.25) is 0 Å². The van der Waals surface area contributed by atoms with Gasteiger partial charge in [-0.05, 0) is 6.92 Å². The molecule has 0 heterocycles. The molecule has 0 aliphatic carbocycles. The highest BCUT2D eigenvalue weighted by Gasteiger charge is 2.00. The lowest BCUT2D eigenvalue weighted by atomic mass is 10.4. The number of hydrogen-bond donors (Lipinski definition) is 3. The van der Waals surface area contributed by atoms with Gasteiger partial charge in [0, 0.05) is 12.6 Å². The van der Waals surface area contributed by atoms with E-state index in [0.29, 0.717) is 0 Å². The molecule has 0 amide bonds. The molecule has 0 fully saturated rings. The summed E-state index contributed by atoms with van der Waals surface area (Å²) in [6, 6.07) is -0.205. The Bertz CT molecular complexity index is 162. The SMILES string of the molecule is CC(N)CNS(N)(=O)=O. The lowest BCUT2D eigenvalue weighted by Gasteiger charge is -2.03. The lowest BCUT2D eigenvalue weighted by molar-refractivity contribution is 0.575. The fourth-order valence-corrected chi connectivity index (χ4v) is 0.743. The average molecular weight is 153 g/mol. The highest BCUT2D eigenvalue weighted by atomic mass is 32.2. The molecule has 0 aliphatic heterocycles. The molecule has 0 aromatic heterocycles. The highest BCUT2D eigenvalue weighted by Crippen LogP contribution is 1.71. The van der Waals surface area contributed by atoms with E-state index in [0.717, 1.165) is 0 Å². The second kappa shape index (κ2) is 3.11. The quantitative estimate of drug-likeness (QED) is 0.443. The summed E-state index contributed by atoms with van der Waals surface area (Å²) in [5.41, 5.74) is 5.22. The van der Waals surface area contributed by atoms with Crippen molar-refractivity contribution in [2.45, 2.75) is 13.0 Å². The first kappa shape index (κ1) is 8.83. The van der Waals surface area contributed by atoms with Crippen LogP contribution in [0.15, 0.2) is 0 Å². The maximum Gasteiger partial charge on any atom is 0.274 e. The Labute approximate surface area is 54.6 Å². The van der Waals surface area contributed by atoms with Crippen LogP contribution in [0.25, 0.3) is 0 Å². The number of rotatable bonds is 3. The summed E-state index contributed by atoms with van der Waals surface area (Å²) in [6.45, 7) is 1.86. The highest BCUT2D eigenvalue weighted by molar-refractivity contribution is 7.87. The van der Waals surface area contributed by atoms with Crippen LogP contribution in [-0.4, -0.2) is 21.0 Å². The van der Waals surface area contributed by atoms with Gasteiger partial charge in [-0.15, -0.1) is 0 Å². The predicted octanol–water partition coefficient (Wildman–Crippen LogP) is -1.87. The van der Waals surface area contributed by atoms with Crippen molar-refractivity contribution in [3.63, 3.8) is 0 Å². The maximum absolute atomic E-state index is 10.1. The van der Waals surface area contributed by atoms with E-state index in [1.807, 2.05) is 4.72 Å². The molecule has 9 heavy (non-hydrogen) atoms. The molecular weight excluding hydrogens is 142 g/mol. The van der Waals surface area contributed by atoms with Gasteiger partial charge < -0.3 is 5.73 Å². The van der Waals surface area contributed by atoms with Gasteiger partial charge in [-0.2, -0.15) is 8.42 Å². The molecule has 5 N–H and O–H groups in total. The van der Waals surface area contributed by atoms with Gasteiger partial charge in [0.05, 0.1) is 0 Å². The molecule has 0 saturated heterocycles. The molecule has 0 aliphatic rings. The summed E-state index contributed by atoms with van der Waals surface area (Å²) in [5, 5.41) is 4.59. The van der Waals surface area contributed by atoms with E-state index >= 15 is 0 Å². The van der Waals surface area contributed by atoms with Crippen LogP contribution in [0.4, 0.5) is 0 Å². The standard InChI is InChI=1S/C3H11N3O2S/c1-3(4)2-6-9(5,7)8/h3,6H,2,4H2,1H3,(H2,5,7,8). The molecule has 0 saturated carbocycles. The molecule has 0 radical (unpaired) electrons. The van der Waals surface area contributed by atoms with E-state index in [-0.39, 0.29) is 12.6 Å². The van der Waals surface area contributed by atoms with Crippen molar-refractivity contribution >= 4 is 10.2 Å². The van der Waals surface area contributed by atoms with Crippen molar-refractivity contribution < 1.29 is 8.42 Å². The molecular formula is C3H11N3O2S. The first-order chi connectivity index (χ1) is 3.92. The normalized spacial score (nSPS) is 15.4. The Hall–Kier alpha value is -0.170. The van der Waals surface area contributed by atoms with E-state index in [2.05, 4.69) is 5.14 Å². The number of nitrogens with two attached hydrogens (primary N) is 2. The van der Waals surface area contributed by atoms with Gasteiger partial charge in [-0.1, -0.05) is 0 Å². The van der Waals surface area contributed by atoms with Crippen LogP contribution in [0.5, 0.6) is 0 Å². The number of nitrogens with one attached hydrogen (secondary N) is 1. The zero-order valence-corrected chi connectivity index (χ0v) is 5.98. The number of hydrogen-bond acceptors (Lipinski definition) is 3. The summed E-state index contributed by atoms with van der Waals surface area (Å²) in [4.78, 5) is 0. The van der Waals surface area contributed by atoms with Crippen LogP contribution >= 0.6 is 0 Å². The van der Waals surface area contributed by atoms with E-state index in [9.17, 15) is 8.42 Å². The molecule has 5 nitrogen and oxygen atoms in total. The van der Waals surface area contributed by atoms with Crippen molar-refractivity contribution in [3.05, 3.63) is 0 Å². The molecule has 1 unspecified atom stereocenters. The van der Waals surface area contributed by atoms with E-state index in [4.69, 9.17) is 5.73 Å². The van der Waals surface area contributed by atoms with Gasteiger partial charge in [0.15, 0.2) is 0 Å². The summed E-state index contributed by atoms with van der Waals surface area (Å²) in [7, 11) is -3.55. The zero-order valence-electron chi connectivity index (χ0n) is 5.16. The minimum atomic E-state index is -3.55. The van der Waals surface area contributed by atoms with Crippen LogP contribution in [-0.2, 0) is 10.2 Å². The second-order valence-electron chi connectivity index (χ2n) is 1.87. The Morgan fingerprint density at radius 3 is 2.22 bits per heavy atom. The Morgan fingerprint density at radius 1 is 1.67 bits per heavy atom. The second-order valence-corrected chi connectivity index (χ2v) is 3.25. The monoisotopic (exact) mass is 153 g/mol. The molecule has 0 bridgehead atoms. The Balaban J connectivity index is 3.53. The largest absolute Gasteiger partial charge is 0.327 e. The minimum absolute atomic E-state index is 0.179. The van der Waals surface area contributed by atoms with Crippen LogP contribution in [0.3, 0.4) is 0 Å². The third-order valence-electron chi connectivity index (χ3n) is 0.606. The summed E-state index contributed by atoms with van der Waals surface area (Å²) in [5.74, 6) is 0. The molecule has 0 rings (SSSR count). The van der Waals surface area contributed by atoms with E-state index in [1.54, 1.807) is 6.92 Å². The summed E-state index contributed by atoms with van der Waals surface area (Å²) >= 11 is 0. The molecule has 0 aromatic carbocycles. The molecule has 1 atom stereocenters. The van der Waals surface area contributed by atoms with E-state index < -0.39 is 10.2 Å². The smallest absolute Gasteiger partial charge is 0.274 e. The van der Waals surface area contributed by atoms with Gasteiger partial charge in [0.1, 0.15) is 0 Å². The van der Waals surface area contributed by atoms with Crippen molar-refractivity contribution in [2.75, 3.05) is 6.54 Å². The fraction of sp³-hybridized carbons (Fsp3) is 1.00. The minimum Gasteiger partial charge on any atom is -0.327 e. The third-order valence-corrected chi connectivity index (χ3v) is 1.18. The predicted molar refractivity (Wildman–Crippen MR) is 34.8 cm³/mol. The van der Waals surface area contributed by atoms with Gasteiger partial charge in [-0.3, -0.25) is 0 Å². The average Bonchev–Trinajstić information content (AvgIpc) is 1.59. The fourth-order valence-electron chi connectivity index (χ4n) is 0.248. The van der Waals surface area contributed by atoms with Crippen molar-refractivity contribution in [3.8, 4) is 0 Å². The van der Waals surface area contributed by atoms with E-state index in [1.165, 1.54) is 0 Å². The topological polar surface area (TPSA) is 98.2 Å². The third kappa shape index (κ3) is 7.83. The van der Waals surface area contributed by atoms with Gasteiger partial charge in [-0.25, -0.2) is 9.86 Å². The molecule has 0 aromatic rings. The Morgan fingerprint density at radius 2 is 2.11 bits per heavy atom. The van der Waals surface area contributed by atoms with Gasteiger partial charge in [0.25, 0.3) is 10.2 Å². The Kier molecular flexibility index (Phi) is 3.06. The van der Waals surface area contributed by atoms with Crippen molar-refractivity contribution in [1.29, 1.82) is 0 Å². The maximum atomic E-state index is 10.1. The van der Waals surface area contributed by atoms with Crippen LogP contribution in [0, 0.1) is 0 Å². The molecule has 0 spiro atoms. The van der Waals surface area contributed by atoms with Crippen LogP contribution in [0.1, 0.15) is 6.92 Å². The lowest BCUT2D eigenvalue weighted by Crippen LogP contribution is -2.38. The first-order valence-electron chi connectivity index (χ1n) is 2.45. The van der Waals surface area contributed by atoms with Crippen molar-refractivity contribution in [2.24, 2.45) is 10.9 Å².